The molecule has 8 aromatic carbocycles. The molecule has 0 saturated carbocycles. The van der Waals surface area contributed by atoms with E-state index in [1.165, 1.54) is 0 Å². The average molecular weight is 1430 g/mol. The predicted octanol–water partition coefficient (Wildman–Crippen LogP) is 11.7. The Balaban J connectivity index is 0.959. The van der Waals surface area contributed by atoms with Crippen LogP contribution in [0.25, 0.3) is 21.5 Å². The maximum absolute atomic E-state index is 12.6. The number of ether oxygens (including phenoxy) is 1. The highest BCUT2D eigenvalue weighted by atomic mass is 32.2. The third-order valence-electron chi connectivity index (χ3n) is 20.3. The molecule has 0 aromatic heterocycles. The monoisotopic (exact) mass is 1430 g/mol. The highest BCUT2D eigenvalue weighted by Gasteiger charge is 2.44. The molecule has 1 aliphatic carbocycles. The van der Waals surface area contributed by atoms with Crippen molar-refractivity contribution < 1.29 is 60.1 Å². The Morgan fingerprint density at radius 2 is 1.18 bits per heavy atom. The van der Waals surface area contributed by atoms with Crippen molar-refractivity contribution in [3.63, 3.8) is 0 Å². The predicted molar refractivity (Wildman–Crippen MR) is 412 cm³/mol. The Bertz CT molecular complexity index is 4800. The number of para-hydroxylation sites is 2. The topological polar surface area (TPSA) is 244 Å². The van der Waals surface area contributed by atoms with E-state index in [4.69, 9.17) is 4.74 Å². The van der Waals surface area contributed by atoms with Crippen LogP contribution in [-0.2, 0) is 68.6 Å². The summed E-state index contributed by atoms with van der Waals surface area (Å²) in [5.74, 6) is 0.375. The number of hydrogen-bond acceptors (Lipinski definition) is 14. The maximum atomic E-state index is 12.6. The van der Waals surface area contributed by atoms with Gasteiger partial charge in [0.25, 0.3) is 10.1 Å². The summed E-state index contributed by atoms with van der Waals surface area (Å²) in [5, 5.41) is 49.7. The van der Waals surface area contributed by atoms with Crippen molar-refractivity contribution in [2.75, 3.05) is 42.6 Å². The van der Waals surface area contributed by atoms with Crippen LogP contribution < -0.4 is 25.9 Å². The van der Waals surface area contributed by atoms with Gasteiger partial charge in [-0.3, -0.25) is 19.1 Å². The van der Waals surface area contributed by atoms with E-state index in [0.717, 1.165) is 101 Å². The molecule has 0 spiro atoms. The molecule has 21 heteroatoms. The number of benzene rings is 8. The molecule has 0 fully saturated rings. The smallest absolute Gasteiger partial charge is 0.488 e. The third kappa shape index (κ3) is 18.3. The molecule has 0 bridgehead atoms. The van der Waals surface area contributed by atoms with Crippen LogP contribution in [0.15, 0.2) is 229 Å². The molecule has 6 N–H and O–H groups in total. The second-order valence-corrected chi connectivity index (χ2v) is 31.5. The molecule has 11 rings (SSSR count). The minimum absolute atomic E-state index is 0.206. The fraction of sp³-hybridized carbons (Fsp3) is 0.317. The van der Waals surface area contributed by atoms with Gasteiger partial charge in [0.15, 0.2) is 5.71 Å². The number of fused-ring (bicyclic) bond motifs is 4. The van der Waals surface area contributed by atoms with Crippen molar-refractivity contribution in [3.05, 3.63) is 268 Å². The van der Waals surface area contributed by atoms with Gasteiger partial charge in [0.2, 0.25) is 11.6 Å². The van der Waals surface area contributed by atoms with Crippen LogP contribution in [0.5, 0.6) is 5.75 Å². The Morgan fingerprint density at radius 1 is 0.631 bits per heavy atom. The lowest BCUT2D eigenvalue weighted by Crippen LogP contribution is -2.36. The Hall–Kier alpha value is -8.57. The normalized spacial score (nSPS) is 15.9. The summed E-state index contributed by atoms with van der Waals surface area (Å²) < 4.78 is 77.9. The van der Waals surface area contributed by atoms with Gasteiger partial charge in [-0.15, -0.1) is 0 Å². The summed E-state index contributed by atoms with van der Waals surface area (Å²) in [7, 11) is -11.9. The molecule has 0 unspecified atom stereocenters. The summed E-state index contributed by atoms with van der Waals surface area (Å²) in [6.45, 7) is 18.5. The van der Waals surface area contributed by atoms with Crippen LogP contribution in [0.3, 0.4) is 0 Å². The van der Waals surface area contributed by atoms with Crippen LogP contribution in [0.2, 0.25) is 0 Å². The molecule has 2 aliphatic heterocycles. The molecule has 3 aliphatic rings. The molecule has 0 saturated heterocycles. The number of hydrogen-bond donors (Lipinski definition) is 6. The Labute approximate surface area is 607 Å². The van der Waals surface area contributed by atoms with Crippen LogP contribution >= 0.6 is 0 Å². The quantitative estimate of drug-likeness (QED) is 0.00573. The maximum Gasteiger partial charge on any atom is 0.488 e. The molecule has 1 amide bonds. The summed E-state index contributed by atoms with van der Waals surface area (Å²) >= 11 is 0. The Morgan fingerprint density at radius 3 is 1.79 bits per heavy atom. The molecule has 0 radical (unpaired) electrons. The second kappa shape index (κ2) is 33.0. The van der Waals surface area contributed by atoms with E-state index in [0.29, 0.717) is 125 Å². The molecule has 8 aromatic rings. The van der Waals surface area contributed by atoms with Crippen LogP contribution in [0.1, 0.15) is 125 Å². The first-order chi connectivity index (χ1) is 49.3. The van der Waals surface area contributed by atoms with Gasteiger partial charge in [-0.05, 0) is 173 Å². The first-order valence-electron chi connectivity index (χ1n) is 35.5. The van der Waals surface area contributed by atoms with E-state index in [1.54, 1.807) is 31.2 Å². The van der Waals surface area contributed by atoms with E-state index in [1.807, 2.05) is 72.8 Å². The van der Waals surface area contributed by atoms with Gasteiger partial charge in [-0.2, -0.15) is 13.0 Å². The lowest BCUT2D eigenvalue weighted by atomic mass is 9.77. The molecular formula is C82H93B2N5O12S2. The van der Waals surface area contributed by atoms with Crippen LogP contribution in [0, 0.1) is 0 Å². The first kappa shape index (κ1) is 75.6. The lowest BCUT2D eigenvalue weighted by Gasteiger charge is -2.28. The molecular weight excluding hydrogens is 1330 g/mol. The number of nitrogens with one attached hydrogen (secondary N) is 1. The minimum Gasteiger partial charge on any atom is -0.748 e. The zero-order valence-corrected chi connectivity index (χ0v) is 61.1. The van der Waals surface area contributed by atoms with E-state index in [2.05, 4.69) is 156 Å². The van der Waals surface area contributed by atoms with E-state index in [9.17, 15) is 50.8 Å². The summed E-state index contributed by atoms with van der Waals surface area (Å²) in [6.07, 6.45) is 13.1. The van der Waals surface area contributed by atoms with Crippen molar-refractivity contribution in [1.29, 1.82) is 0 Å². The van der Waals surface area contributed by atoms with E-state index >= 15 is 0 Å². The van der Waals surface area contributed by atoms with Gasteiger partial charge < -0.3 is 39.6 Å². The van der Waals surface area contributed by atoms with Crippen LogP contribution in [-0.4, -0.2) is 124 Å². The number of rotatable bonds is 32. The van der Waals surface area contributed by atoms with Gasteiger partial charge in [0.05, 0.1) is 21.3 Å². The van der Waals surface area contributed by atoms with Gasteiger partial charge in [0, 0.05) is 105 Å². The van der Waals surface area contributed by atoms with Gasteiger partial charge in [-0.1, -0.05) is 172 Å². The first-order valence-corrected chi connectivity index (χ1v) is 38.7. The number of anilines is 1. The van der Waals surface area contributed by atoms with Crippen molar-refractivity contribution in [1.82, 2.24) is 15.1 Å². The van der Waals surface area contributed by atoms with Crippen LogP contribution in [0.4, 0.5) is 11.4 Å². The van der Waals surface area contributed by atoms with Gasteiger partial charge in [0.1, 0.15) is 18.1 Å². The minimum atomic E-state index is -4.38. The zero-order chi connectivity index (χ0) is 73.2. The van der Waals surface area contributed by atoms with Gasteiger partial charge >= 0.3 is 14.2 Å². The highest BCUT2D eigenvalue weighted by molar-refractivity contribution is 7.85. The molecule has 17 nitrogen and oxygen atoms in total. The number of allylic oxidation sites excluding steroid dienone is 7. The fourth-order valence-corrected chi connectivity index (χ4v) is 16.2. The largest absolute Gasteiger partial charge is 0.748 e. The number of nitrogens with zero attached hydrogens (tertiary/aromatic N) is 4. The van der Waals surface area contributed by atoms with Crippen molar-refractivity contribution >= 4 is 89.9 Å². The standard InChI is InChI=1S/C82H93B2N5O12S2/c1-58(2)80(90)85-47-24-48-86(54-62-25-7-15-35-73(62)83(91)92)56-69-65-29-9-11-31-67(65)70(68-32-12-10-30-66(68)69)57-87(55-63-26-8-16-36-74(63)84(93)94)53-59-39-43-64(44-40-59)101-79-60(41-45-77-81(3,4)71-33-13-17-37-75(71)88(77)49-19-21-51-102(95,96)97)27-23-28-61(79)42-46-78-82(5,6)72-34-14-18-38-76(72)89(78)50-20-22-52-103(98,99)100/h7-18,25-26,29-46,91-94H,1,19-24,27-28,47-57H2,2-6H3,(H2-,85,90,95,96,97,98,99,100). The lowest BCUT2D eigenvalue weighted by molar-refractivity contribution is -0.438. The number of carbonyl (C=O) groups is 1. The zero-order valence-electron chi connectivity index (χ0n) is 59.5. The second-order valence-electron chi connectivity index (χ2n) is 28.4. The summed E-state index contributed by atoms with van der Waals surface area (Å²) in [5.41, 5.74) is 13.5. The van der Waals surface area contributed by atoms with Crippen molar-refractivity contribution in [3.8, 4) is 5.75 Å². The fourth-order valence-electron chi connectivity index (χ4n) is 15.1. The average Bonchev–Trinajstić information content (AvgIpc) is 1.71. The summed E-state index contributed by atoms with van der Waals surface area (Å²) in [6, 6.07) is 56.2. The van der Waals surface area contributed by atoms with E-state index < -0.39 is 51.1 Å². The van der Waals surface area contributed by atoms with Crippen molar-refractivity contribution in [2.24, 2.45) is 0 Å². The van der Waals surface area contributed by atoms with E-state index in [-0.39, 0.29) is 18.1 Å². The van der Waals surface area contributed by atoms with Gasteiger partial charge in [-0.25, -0.2) is 8.42 Å². The summed E-state index contributed by atoms with van der Waals surface area (Å²) in [4.78, 5) is 19.4. The number of carbonyl (C=O) groups excluding carboxylic acids is 1. The molecule has 2 heterocycles. The molecule has 536 valence electrons. The Kier molecular flexibility index (Phi) is 24.2. The van der Waals surface area contributed by atoms with Crippen molar-refractivity contribution in [2.45, 2.75) is 130 Å². The highest BCUT2D eigenvalue weighted by Crippen LogP contribution is 2.48. The number of unbranched alkanes of at least 4 members (excludes halogenated alkanes) is 2. The number of amides is 1. The third-order valence-corrected chi connectivity index (χ3v) is 21.9. The molecule has 103 heavy (non-hydrogen) atoms. The molecule has 0 atom stereocenters. The SMILES string of the molecule is C=C(C)C(=O)NCCCN(Cc1ccccc1B(O)O)Cc1c2ccccc2c(CN(Cc2ccc(OC3=C(/C=C/C4=[N+](CCCCS(=O)(=O)O)c5ccccc5C4(C)C)CCC/C3=C\C=C3\N(CCCCS(=O)(=O)[O-])c4ccccc4C3(C)C)cc2)Cc2ccccc2B(O)O)c2ccccc12.